The molecule has 13 atom stereocenters. The number of amides is 12. The van der Waals surface area contributed by atoms with E-state index >= 15 is 14.4 Å². The molecule has 1 aliphatic heterocycles. The summed E-state index contributed by atoms with van der Waals surface area (Å²) in [5, 5.41) is 33.3. The molecule has 28 heteroatoms. The predicted octanol–water partition coefficient (Wildman–Crippen LogP) is 5.74. The van der Waals surface area contributed by atoms with E-state index in [0.29, 0.717) is 6.16 Å². The number of benzene rings is 3. The highest BCUT2D eigenvalue weighted by Gasteiger charge is 2.48. The summed E-state index contributed by atoms with van der Waals surface area (Å²) < 4.78 is 5.82. The zero-order valence-corrected chi connectivity index (χ0v) is 74.7. The second kappa shape index (κ2) is 47.7. The van der Waals surface area contributed by atoms with Crippen molar-refractivity contribution in [3.63, 3.8) is 0 Å². The van der Waals surface area contributed by atoms with Gasteiger partial charge in [-0.15, -0.1) is 0 Å². The van der Waals surface area contributed by atoms with E-state index in [1.165, 1.54) is 90.7 Å². The van der Waals surface area contributed by atoms with Crippen molar-refractivity contribution in [2.45, 2.75) is 235 Å². The third kappa shape index (κ3) is 28.3. The van der Waals surface area contributed by atoms with Crippen molar-refractivity contribution in [3.05, 3.63) is 103 Å². The van der Waals surface area contributed by atoms with Crippen molar-refractivity contribution in [2.75, 3.05) is 88.3 Å². The summed E-state index contributed by atoms with van der Waals surface area (Å²) in [7, 11) is 8.31. The van der Waals surface area contributed by atoms with Crippen LogP contribution >= 0.6 is 7.26 Å². The number of nitrogens with one attached hydrogen (secondary N) is 6. The van der Waals surface area contributed by atoms with E-state index < -0.39 is 163 Å². The highest BCUT2D eigenvalue weighted by Crippen LogP contribution is 2.55. The van der Waals surface area contributed by atoms with Crippen LogP contribution in [0.5, 0.6) is 0 Å². The Labute approximate surface area is 692 Å². The molecule has 0 radical (unpaired) electrons. The average Bonchev–Trinajstić information content (AvgIpc) is 0.755. The van der Waals surface area contributed by atoms with Gasteiger partial charge in [0.1, 0.15) is 77.6 Å². The molecular formula is C88H141N13O14P+. The second-order valence-electron chi connectivity index (χ2n) is 34.0. The first-order chi connectivity index (χ1) is 54.5. The van der Waals surface area contributed by atoms with Crippen molar-refractivity contribution in [3.8, 4) is 0 Å². The zero-order valence-electron chi connectivity index (χ0n) is 73.8. The Balaban J connectivity index is 1.70. The summed E-state index contributed by atoms with van der Waals surface area (Å²) in [6.45, 7) is 30.7. The maximum absolute atomic E-state index is 15.6. The molecule has 0 saturated carbocycles. The highest BCUT2D eigenvalue weighted by atomic mass is 31.2. The lowest BCUT2D eigenvalue weighted by molar-refractivity contribution is -0.153. The van der Waals surface area contributed by atoms with Crippen LogP contribution in [-0.4, -0.2) is 271 Å². The van der Waals surface area contributed by atoms with Crippen LogP contribution in [0.2, 0.25) is 0 Å². The summed E-state index contributed by atoms with van der Waals surface area (Å²) >= 11 is 0. The van der Waals surface area contributed by atoms with E-state index in [9.17, 15) is 48.3 Å². The van der Waals surface area contributed by atoms with Crippen LogP contribution < -0.4 is 47.8 Å². The minimum atomic E-state index is -2.22. The molecule has 3 aromatic rings. The van der Waals surface area contributed by atoms with Gasteiger partial charge >= 0.3 is 0 Å². The molecule has 7 N–H and O–H groups in total. The van der Waals surface area contributed by atoms with Crippen molar-refractivity contribution >= 4 is 94.1 Å². The maximum atomic E-state index is 15.6. The maximum Gasteiger partial charge on any atom is 0.245 e. The number of carbonyl (C=O) groups is 12. The molecule has 1 fully saturated rings. The number of rotatable bonds is 28. The predicted molar refractivity (Wildman–Crippen MR) is 459 cm³/mol. The Morgan fingerprint density at radius 2 is 0.940 bits per heavy atom. The molecular weight excluding hydrogens is 1490 g/mol. The van der Waals surface area contributed by atoms with Crippen molar-refractivity contribution in [1.82, 2.24) is 66.2 Å². The molecule has 1 aliphatic rings. The van der Waals surface area contributed by atoms with Gasteiger partial charge in [-0.3, -0.25) is 62.4 Å². The van der Waals surface area contributed by atoms with Crippen LogP contribution in [0.4, 0.5) is 0 Å². The number of likely N-dealkylation sites (N-methyl/N-ethyl adjacent to an activating group) is 7. The number of nitrogens with zero attached hydrogens (tertiary/aromatic N) is 7. The van der Waals surface area contributed by atoms with Gasteiger partial charge in [-0.25, -0.2) is 0 Å². The Bertz CT molecular complexity index is 3620. The van der Waals surface area contributed by atoms with Gasteiger partial charge in [-0.1, -0.05) is 158 Å². The molecule has 0 aromatic heterocycles. The first-order valence-corrected chi connectivity index (χ1v) is 43.5. The fraction of sp³-hybridized carbons (Fsp3) is 0.636. The fourth-order valence-corrected chi connectivity index (χ4v) is 19.5. The molecule has 1 unspecified atom stereocenters. The molecule has 0 spiro atoms. The third-order valence-electron chi connectivity index (χ3n) is 22.1. The van der Waals surface area contributed by atoms with Crippen LogP contribution in [0.25, 0.3) is 0 Å². The summed E-state index contributed by atoms with van der Waals surface area (Å²) in [5.41, 5.74) is 0. The Hall–Kier alpha value is -8.65. The molecule has 27 nitrogen and oxygen atoms in total. The second-order valence-corrected chi connectivity index (χ2v) is 37.6. The Kier molecular flexibility index (Phi) is 41.0. The third-order valence-corrected chi connectivity index (χ3v) is 26.6. The lowest BCUT2D eigenvalue weighted by Gasteiger charge is -2.46. The largest absolute Gasteiger partial charge is 0.391 e. The van der Waals surface area contributed by atoms with Gasteiger partial charge in [0.2, 0.25) is 70.9 Å². The van der Waals surface area contributed by atoms with Crippen LogP contribution in [0.1, 0.15) is 163 Å². The SMILES string of the molecule is CC[C@@H]1NC(=O)[C@H]([C@H](O)[C@H](C)C/C=C/C(=O)NCCOCCNC(=O)CC[P+](c2ccccc2)(c2ccccc2)c2ccccc2)N(C)C(C)[C@H](C(C)C)N(C)C(=O)[C@H](CC(C)C)N(C)C(=O)[C@H](CC(C)C)N(C)C(=O)[C@@H](C)NC(=O)[C@H](C)NC(=O)[C@H](CC(C)C)N(C)C(=O)[C@H](C(C)C)NC(=O)[C@H](CC(C)C)N(C)C(=O)CN(C)C1=O. The van der Waals surface area contributed by atoms with Gasteiger partial charge in [0.15, 0.2) is 0 Å². The Morgan fingerprint density at radius 3 is 1.41 bits per heavy atom. The topological polar surface area (TPSA) is 329 Å². The first kappa shape index (κ1) is 99.7. The van der Waals surface area contributed by atoms with Gasteiger partial charge in [0, 0.05) is 67.5 Å². The molecule has 4 rings (SSSR count). The minimum absolute atomic E-state index is 0.0275. The number of hydrogen-bond donors (Lipinski definition) is 7. The monoisotopic (exact) mass is 1640 g/mol. The van der Waals surface area contributed by atoms with E-state index in [-0.39, 0.29) is 107 Å². The molecule has 0 aliphatic carbocycles. The number of ether oxygens (including phenoxy) is 1. The molecule has 0 bridgehead atoms. The van der Waals surface area contributed by atoms with E-state index in [2.05, 4.69) is 68.3 Å². The van der Waals surface area contributed by atoms with Crippen molar-refractivity contribution < 1.29 is 67.4 Å². The highest BCUT2D eigenvalue weighted by molar-refractivity contribution is 7.95. The number of allylic oxidation sites excluding steroid dienone is 1. The first-order valence-electron chi connectivity index (χ1n) is 41.5. The van der Waals surface area contributed by atoms with Gasteiger partial charge in [-0.2, -0.15) is 0 Å². The van der Waals surface area contributed by atoms with E-state index in [1.54, 1.807) is 57.7 Å². The summed E-state index contributed by atoms with van der Waals surface area (Å²) in [6.07, 6.45) is 3.09. The van der Waals surface area contributed by atoms with Crippen LogP contribution in [0.3, 0.4) is 0 Å². The van der Waals surface area contributed by atoms with Gasteiger partial charge in [-0.05, 0) is 150 Å². The van der Waals surface area contributed by atoms with E-state index in [1.807, 2.05) is 131 Å². The number of aliphatic hydroxyl groups excluding tert-OH is 1. The standard InChI is InChI=1S/C88H140N13O14P/c1-25-68-85(111)95(18)54-75(104)97(20)69(50-55(2)3)82(108)94-76(59(10)11)88(114)98(21)70(51-56(4)5)81(107)91-62(15)80(106)92-63(16)84(110)99(22)71(52-57(6)7)86(112)100(23)72(53-58(8)9)87(113)101(24)77(60(12)13)64(17)96(19)78(83(109)93-68)79(105)61(14)36-35-43-73(102)89-45-47-115-48-46-90-74(103)44-49-116(65-37-29-26-30-38-65,66-39-31-27-32-40-66)67-41-33-28-34-42-67/h26-35,37-43,55-64,68-72,76-79,105H,25,36,44-54H2,1-24H3,(H5-,89,90,91,92,93,94,102,103,106,107,108,109)/p+1/b43-35+/t61-,62+,63-,64?,68+,69+,70+,71+,72+,76+,77+,78+,79-/m1/s1. The molecule has 646 valence electrons. The van der Waals surface area contributed by atoms with Crippen LogP contribution in [-0.2, 0) is 62.3 Å². The van der Waals surface area contributed by atoms with Crippen LogP contribution in [0, 0.1) is 41.4 Å². The number of carbonyl (C=O) groups excluding carboxylic acids is 12. The number of aliphatic hydroxyl groups is 1. The molecule has 3 aromatic carbocycles. The van der Waals surface area contributed by atoms with Crippen molar-refractivity contribution in [2.24, 2.45) is 41.4 Å². The van der Waals surface area contributed by atoms with Gasteiger partial charge in [0.25, 0.3) is 0 Å². The van der Waals surface area contributed by atoms with E-state index in [4.69, 9.17) is 4.74 Å². The van der Waals surface area contributed by atoms with Gasteiger partial charge in [0.05, 0.1) is 38.4 Å². The summed E-state index contributed by atoms with van der Waals surface area (Å²) in [6, 6.07) is 18.7. The number of hydrogen-bond acceptors (Lipinski definition) is 15. The summed E-state index contributed by atoms with van der Waals surface area (Å²) in [5.74, 6) is -9.11. The lowest BCUT2D eigenvalue weighted by Crippen LogP contribution is -2.64. The quantitative estimate of drug-likeness (QED) is 0.0259. The summed E-state index contributed by atoms with van der Waals surface area (Å²) in [4.78, 5) is 184. The molecule has 1 saturated heterocycles. The Morgan fingerprint density at radius 1 is 0.509 bits per heavy atom. The van der Waals surface area contributed by atoms with Gasteiger partial charge < -0.3 is 71.1 Å². The van der Waals surface area contributed by atoms with Crippen LogP contribution in [0.15, 0.2) is 103 Å². The zero-order chi connectivity index (χ0) is 87.3. The fourth-order valence-electron chi connectivity index (χ4n) is 15.2. The normalized spacial score (nSPS) is 23.6. The molecule has 116 heavy (non-hydrogen) atoms. The van der Waals surface area contributed by atoms with E-state index in [0.717, 1.165) is 4.90 Å². The smallest absolute Gasteiger partial charge is 0.245 e. The van der Waals surface area contributed by atoms with Crippen molar-refractivity contribution in [1.29, 1.82) is 0 Å². The minimum Gasteiger partial charge on any atom is -0.391 e. The molecule has 1 heterocycles. The lowest BCUT2D eigenvalue weighted by atomic mass is 9.88. The average molecular weight is 1640 g/mol. The molecule has 12 amide bonds.